The predicted octanol–water partition coefficient (Wildman–Crippen LogP) is 4.57. The Kier molecular flexibility index (Phi) is 6.24. The molecule has 0 bridgehead atoms. The number of benzene rings is 2. The van der Waals surface area contributed by atoms with Crippen LogP contribution in [0, 0.1) is 11.3 Å². The standard InChI is InChI=1S/C23H17BrN2O5/c24-17-2-4-18(5-3-17)28-13-20-7-6-19(31-20)10-16(11-25)23(27)26-12-15-1-8-21-22(9-15)30-14-29-21/h1-10H,12-14H2,(H,26,27)/b16-10+. The van der Waals surface area contributed by atoms with E-state index in [0.29, 0.717) is 28.8 Å². The van der Waals surface area contributed by atoms with E-state index in [2.05, 4.69) is 21.2 Å². The number of amides is 1. The number of ether oxygens (including phenoxy) is 3. The largest absolute Gasteiger partial charge is 0.486 e. The summed E-state index contributed by atoms with van der Waals surface area (Å²) in [4.78, 5) is 12.4. The lowest BCUT2D eigenvalue weighted by Gasteiger charge is -2.05. The zero-order valence-corrected chi connectivity index (χ0v) is 17.8. The normalized spacial score (nSPS) is 12.3. The molecule has 3 aromatic rings. The molecule has 7 nitrogen and oxygen atoms in total. The number of halogens is 1. The van der Waals surface area contributed by atoms with E-state index >= 15 is 0 Å². The maximum Gasteiger partial charge on any atom is 0.262 e. The van der Waals surface area contributed by atoms with E-state index in [9.17, 15) is 10.1 Å². The average molecular weight is 481 g/mol. The van der Waals surface area contributed by atoms with Crippen LogP contribution < -0.4 is 19.5 Å². The molecule has 2 heterocycles. The van der Waals surface area contributed by atoms with Gasteiger partial charge in [0.15, 0.2) is 11.5 Å². The average Bonchev–Trinajstić information content (AvgIpc) is 3.44. The number of carbonyl (C=O) groups is 1. The van der Waals surface area contributed by atoms with Crippen molar-refractivity contribution >= 4 is 27.9 Å². The van der Waals surface area contributed by atoms with Gasteiger partial charge in [0.25, 0.3) is 5.91 Å². The van der Waals surface area contributed by atoms with Crippen LogP contribution in [0.4, 0.5) is 0 Å². The number of nitrogens with zero attached hydrogens (tertiary/aromatic N) is 1. The van der Waals surface area contributed by atoms with E-state index in [4.69, 9.17) is 18.6 Å². The van der Waals surface area contributed by atoms with Gasteiger partial charge in [-0.15, -0.1) is 0 Å². The highest BCUT2D eigenvalue weighted by Gasteiger charge is 2.15. The summed E-state index contributed by atoms with van der Waals surface area (Å²) < 4.78 is 22.9. The Morgan fingerprint density at radius 2 is 1.94 bits per heavy atom. The molecule has 2 aromatic carbocycles. The van der Waals surface area contributed by atoms with E-state index in [-0.39, 0.29) is 25.5 Å². The van der Waals surface area contributed by atoms with Crippen molar-refractivity contribution < 1.29 is 23.4 Å². The summed E-state index contributed by atoms with van der Waals surface area (Å²) in [6.45, 7) is 0.665. The Labute approximate surface area is 187 Å². The van der Waals surface area contributed by atoms with Crippen molar-refractivity contribution in [2.45, 2.75) is 13.2 Å². The molecule has 1 aliphatic heterocycles. The Bertz CT molecular complexity index is 1160. The summed E-state index contributed by atoms with van der Waals surface area (Å²) in [6.07, 6.45) is 1.40. The van der Waals surface area contributed by atoms with Crippen LogP contribution in [0.15, 0.2) is 69.1 Å². The quantitative estimate of drug-likeness (QED) is 0.393. The SMILES string of the molecule is N#C/C(=C\c1ccc(COc2ccc(Br)cc2)o1)C(=O)NCc1ccc2c(c1)OCO2. The van der Waals surface area contributed by atoms with Crippen molar-refractivity contribution in [1.82, 2.24) is 5.32 Å². The molecule has 0 radical (unpaired) electrons. The zero-order valence-electron chi connectivity index (χ0n) is 16.3. The number of fused-ring (bicyclic) bond motifs is 1. The third-order valence-electron chi connectivity index (χ3n) is 4.42. The number of carbonyl (C=O) groups excluding carboxylic acids is 1. The van der Waals surface area contributed by atoms with Crippen LogP contribution in [0.1, 0.15) is 17.1 Å². The van der Waals surface area contributed by atoms with E-state index in [1.165, 1.54) is 6.08 Å². The summed E-state index contributed by atoms with van der Waals surface area (Å²) in [7, 11) is 0. The third-order valence-corrected chi connectivity index (χ3v) is 4.95. The number of furan rings is 1. The van der Waals surface area contributed by atoms with Crippen molar-refractivity contribution in [3.8, 4) is 23.3 Å². The maximum atomic E-state index is 12.4. The molecular formula is C23H17BrN2O5. The predicted molar refractivity (Wildman–Crippen MR) is 115 cm³/mol. The lowest BCUT2D eigenvalue weighted by Crippen LogP contribution is -2.23. The molecule has 1 aliphatic rings. The molecule has 8 heteroatoms. The number of hydrogen-bond acceptors (Lipinski definition) is 6. The summed E-state index contributed by atoms with van der Waals surface area (Å²) in [6, 6.07) is 18.2. The second-order valence-electron chi connectivity index (χ2n) is 6.59. The van der Waals surface area contributed by atoms with Gasteiger partial charge in [-0.2, -0.15) is 5.26 Å². The van der Waals surface area contributed by atoms with Crippen LogP contribution in [0.3, 0.4) is 0 Å². The molecule has 0 fully saturated rings. The van der Waals surface area contributed by atoms with Crippen LogP contribution in [0.2, 0.25) is 0 Å². The molecule has 0 saturated carbocycles. The highest BCUT2D eigenvalue weighted by molar-refractivity contribution is 9.10. The van der Waals surface area contributed by atoms with E-state index < -0.39 is 5.91 Å². The summed E-state index contributed by atoms with van der Waals surface area (Å²) in [5.74, 6) is 2.49. The Morgan fingerprint density at radius 3 is 2.74 bits per heavy atom. The van der Waals surface area contributed by atoms with Crippen LogP contribution in [-0.2, 0) is 17.9 Å². The van der Waals surface area contributed by atoms with E-state index in [0.717, 1.165) is 10.0 Å². The molecule has 4 rings (SSSR count). The fourth-order valence-corrected chi connectivity index (χ4v) is 3.12. The number of rotatable bonds is 7. The molecule has 1 N–H and O–H groups in total. The van der Waals surface area contributed by atoms with Gasteiger partial charge >= 0.3 is 0 Å². The highest BCUT2D eigenvalue weighted by atomic mass is 79.9. The van der Waals surface area contributed by atoms with Crippen molar-refractivity contribution in [1.29, 1.82) is 5.26 Å². The summed E-state index contributed by atoms with van der Waals surface area (Å²) in [5, 5.41) is 12.1. The zero-order chi connectivity index (χ0) is 21.6. The Hall–Kier alpha value is -3.70. The second-order valence-corrected chi connectivity index (χ2v) is 7.50. The fraction of sp³-hybridized carbons (Fsp3) is 0.130. The van der Waals surface area contributed by atoms with Gasteiger partial charge in [0.2, 0.25) is 6.79 Å². The molecule has 0 atom stereocenters. The van der Waals surface area contributed by atoms with Gasteiger partial charge in [-0.1, -0.05) is 22.0 Å². The minimum Gasteiger partial charge on any atom is -0.486 e. The van der Waals surface area contributed by atoms with Crippen LogP contribution in [-0.4, -0.2) is 12.7 Å². The lowest BCUT2D eigenvalue weighted by atomic mass is 10.2. The maximum absolute atomic E-state index is 12.4. The molecule has 0 aliphatic carbocycles. The minimum atomic E-state index is -0.496. The number of nitriles is 1. The minimum absolute atomic E-state index is 0.0597. The van der Waals surface area contributed by atoms with Crippen LogP contribution in [0.25, 0.3) is 6.08 Å². The van der Waals surface area contributed by atoms with Crippen LogP contribution in [0.5, 0.6) is 17.2 Å². The first kappa shape index (κ1) is 20.6. The fourth-order valence-electron chi connectivity index (χ4n) is 2.85. The Morgan fingerprint density at radius 1 is 1.13 bits per heavy atom. The molecular weight excluding hydrogens is 464 g/mol. The summed E-state index contributed by atoms with van der Waals surface area (Å²) in [5.41, 5.74) is 0.774. The van der Waals surface area contributed by atoms with E-state index in [1.807, 2.05) is 36.4 Å². The molecule has 0 saturated heterocycles. The number of nitrogens with one attached hydrogen (secondary N) is 1. The summed E-state index contributed by atoms with van der Waals surface area (Å²) >= 11 is 3.37. The topological polar surface area (TPSA) is 93.7 Å². The van der Waals surface area contributed by atoms with Gasteiger partial charge in [-0.05, 0) is 54.1 Å². The van der Waals surface area contributed by atoms with Gasteiger partial charge in [0, 0.05) is 17.1 Å². The number of hydrogen-bond donors (Lipinski definition) is 1. The molecule has 1 amide bonds. The first-order valence-corrected chi connectivity index (χ1v) is 10.2. The molecule has 0 spiro atoms. The van der Waals surface area contributed by atoms with Crippen LogP contribution >= 0.6 is 15.9 Å². The van der Waals surface area contributed by atoms with Gasteiger partial charge in [0.05, 0.1) is 0 Å². The van der Waals surface area contributed by atoms with Gasteiger partial charge in [-0.25, -0.2) is 0 Å². The molecule has 31 heavy (non-hydrogen) atoms. The molecule has 156 valence electrons. The van der Waals surface area contributed by atoms with Gasteiger partial charge in [0.1, 0.15) is 35.5 Å². The molecule has 0 unspecified atom stereocenters. The van der Waals surface area contributed by atoms with Crippen molar-refractivity contribution in [3.05, 3.63) is 81.7 Å². The first-order valence-electron chi connectivity index (χ1n) is 9.36. The van der Waals surface area contributed by atoms with Gasteiger partial charge < -0.3 is 23.9 Å². The first-order chi connectivity index (χ1) is 15.1. The Balaban J connectivity index is 1.34. The highest BCUT2D eigenvalue weighted by Crippen LogP contribution is 2.32. The molecule has 1 aromatic heterocycles. The third kappa shape index (κ3) is 5.27. The lowest BCUT2D eigenvalue weighted by molar-refractivity contribution is -0.117. The smallest absolute Gasteiger partial charge is 0.262 e. The monoisotopic (exact) mass is 480 g/mol. The van der Waals surface area contributed by atoms with Crippen molar-refractivity contribution in [2.24, 2.45) is 0 Å². The van der Waals surface area contributed by atoms with Crippen molar-refractivity contribution in [2.75, 3.05) is 6.79 Å². The van der Waals surface area contributed by atoms with Gasteiger partial charge in [-0.3, -0.25) is 4.79 Å². The van der Waals surface area contributed by atoms with Crippen molar-refractivity contribution in [3.63, 3.8) is 0 Å². The van der Waals surface area contributed by atoms with E-state index in [1.54, 1.807) is 24.3 Å². The second kappa shape index (κ2) is 9.41.